The third-order valence-electron chi connectivity index (χ3n) is 5.84. The summed E-state index contributed by atoms with van der Waals surface area (Å²) in [6.07, 6.45) is 6.84. The average Bonchev–Trinajstić information content (AvgIpc) is 3.45. The first-order valence-corrected chi connectivity index (χ1v) is 10.3. The van der Waals surface area contributed by atoms with E-state index in [0.717, 1.165) is 51.4 Å². The Bertz CT molecular complexity index is 1050. The van der Waals surface area contributed by atoms with E-state index in [1.807, 2.05) is 4.57 Å². The molecule has 1 fully saturated rings. The van der Waals surface area contributed by atoms with Crippen LogP contribution in [-0.2, 0) is 6.54 Å². The van der Waals surface area contributed by atoms with Crippen LogP contribution in [0.15, 0.2) is 73.4 Å². The van der Waals surface area contributed by atoms with Crippen molar-refractivity contribution in [2.75, 3.05) is 37.6 Å². The predicted molar refractivity (Wildman–Crippen MR) is 117 cm³/mol. The van der Waals surface area contributed by atoms with Gasteiger partial charge in [0.25, 0.3) is 0 Å². The van der Waals surface area contributed by atoms with E-state index in [1.165, 1.54) is 16.6 Å². The Labute approximate surface area is 171 Å². The molecule has 0 radical (unpaired) electrons. The highest BCUT2D eigenvalue weighted by atomic mass is 15.3. The van der Waals surface area contributed by atoms with Crippen molar-refractivity contribution < 1.29 is 0 Å². The van der Waals surface area contributed by atoms with Crippen molar-refractivity contribution in [2.24, 2.45) is 0 Å². The van der Waals surface area contributed by atoms with Gasteiger partial charge in [0.2, 0.25) is 0 Å². The molecular formula is C23H26N6. The highest BCUT2D eigenvalue weighted by Gasteiger charge is 2.16. The van der Waals surface area contributed by atoms with Crippen molar-refractivity contribution in [1.29, 1.82) is 0 Å². The van der Waals surface area contributed by atoms with Crippen molar-refractivity contribution in [1.82, 2.24) is 24.2 Å². The molecule has 1 aliphatic heterocycles. The molecule has 0 aliphatic carbocycles. The number of nitrogens with zero attached hydrogens (tertiary/aromatic N) is 6. The highest BCUT2D eigenvalue weighted by Crippen LogP contribution is 2.20. The van der Waals surface area contributed by atoms with Crippen LogP contribution in [0.5, 0.6) is 0 Å². The fourth-order valence-corrected chi connectivity index (χ4v) is 4.20. The first-order chi connectivity index (χ1) is 14.4. The molecule has 6 nitrogen and oxygen atoms in total. The van der Waals surface area contributed by atoms with Crippen LogP contribution in [-0.4, -0.2) is 57.0 Å². The SMILES string of the molecule is c1ccc(N2CCN(CCCn3ccc4ccc(-n5cnnc5)cc43)CC2)cc1. The lowest BCUT2D eigenvalue weighted by Crippen LogP contribution is -2.46. The van der Waals surface area contributed by atoms with Crippen LogP contribution < -0.4 is 4.90 Å². The molecule has 148 valence electrons. The molecule has 2 aromatic carbocycles. The normalized spacial score (nSPS) is 15.2. The lowest BCUT2D eigenvalue weighted by molar-refractivity contribution is 0.251. The Morgan fingerprint density at radius 3 is 2.34 bits per heavy atom. The summed E-state index contributed by atoms with van der Waals surface area (Å²) in [5.41, 5.74) is 3.71. The number of hydrogen-bond acceptors (Lipinski definition) is 4. The van der Waals surface area contributed by atoms with Gasteiger partial charge in [-0.3, -0.25) is 9.47 Å². The first-order valence-electron chi connectivity index (χ1n) is 10.3. The van der Waals surface area contributed by atoms with Crippen molar-refractivity contribution in [3.8, 4) is 5.69 Å². The Kier molecular flexibility index (Phi) is 5.01. The number of aromatic nitrogens is 4. The van der Waals surface area contributed by atoms with Crippen LogP contribution in [0.3, 0.4) is 0 Å². The number of para-hydroxylation sites is 1. The number of piperazine rings is 1. The maximum absolute atomic E-state index is 3.91. The highest BCUT2D eigenvalue weighted by molar-refractivity contribution is 5.82. The molecule has 4 aromatic rings. The lowest BCUT2D eigenvalue weighted by Gasteiger charge is -2.36. The zero-order chi connectivity index (χ0) is 19.5. The van der Waals surface area contributed by atoms with Crippen LogP contribution in [0.25, 0.3) is 16.6 Å². The standard InChI is InChI=1S/C23H26N6/c1-2-5-21(6-3-1)27-15-13-26(14-16-27)10-4-11-28-12-9-20-7-8-22(17-23(20)28)29-18-24-25-19-29/h1-3,5-9,12,17-19H,4,10-11,13-16H2. The lowest BCUT2D eigenvalue weighted by atomic mass is 10.2. The van der Waals surface area contributed by atoms with E-state index in [0.29, 0.717) is 0 Å². The van der Waals surface area contributed by atoms with E-state index in [2.05, 4.69) is 85.4 Å². The van der Waals surface area contributed by atoms with E-state index >= 15 is 0 Å². The molecule has 0 N–H and O–H groups in total. The van der Waals surface area contributed by atoms with E-state index in [-0.39, 0.29) is 0 Å². The minimum Gasteiger partial charge on any atom is -0.369 e. The average molecular weight is 387 g/mol. The predicted octanol–water partition coefficient (Wildman–Crippen LogP) is 3.43. The van der Waals surface area contributed by atoms with Gasteiger partial charge in [0.05, 0.1) is 11.2 Å². The number of aryl methyl sites for hydroxylation is 1. The topological polar surface area (TPSA) is 42.1 Å². The van der Waals surface area contributed by atoms with Gasteiger partial charge in [-0.1, -0.05) is 24.3 Å². The smallest absolute Gasteiger partial charge is 0.123 e. The van der Waals surface area contributed by atoms with Crippen molar-refractivity contribution >= 4 is 16.6 Å². The van der Waals surface area contributed by atoms with E-state index in [4.69, 9.17) is 0 Å². The quantitative estimate of drug-likeness (QED) is 0.509. The Balaban J connectivity index is 1.17. The van der Waals surface area contributed by atoms with Crippen LogP contribution in [0.1, 0.15) is 6.42 Å². The molecule has 6 heteroatoms. The summed E-state index contributed by atoms with van der Waals surface area (Å²) in [5.74, 6) is 0. The summed E-state index contributed by atoms with van der Waals surface area (Å²) in [6, 6.07) is 19.4. The maximum atomic E-state index is 3.91. The van der Waals surface area contributed by atoms with Crippen LogP contribution in [0.2, 0.25) is 0 Å². The molecule has 2 aromatic heterocycles. The molecule has 0 bridgehead atoms. The van der Waals surface area contributed by atoms with E-state index < -0.39 is 0 Å². The second-order valence-corrected chi connectivity index (χ2v) is 7.64. The van der Waals surface area contributed by atoms with Gasteiger partial charge in [-0.25, -0.2) is 0 Å². The molecule has 0 atom stereocenters. The molecule has 1 aliphatic rings. The molecule has 0 unspecified atom stereocenters. The zero-order valence-electron chi connectivity index (χ0n) is 16.6. The summed E-state index contributed by atoms with van der Waals surface area (Å²) in [5, 5.41) is 9.10. The summed E-state index contributed by atoms with van der Waals surface area (Å²) >= 11 is 0. The Morgan fingerprint density at radius 1 is 0.759 bits per heavy atom. The molecule has 3 heterocycles. The van der Waals surface area contributed by atoms with Gasteiger partial charge in [-0.2, -0.15) is 0 Å². The summed E-state index contributed by atoms with van der Waals surface area (Å²) in [6.45, 7) is 6.68. The van der Waals surface area contributed by atoms with Gasteiger partial charge in [0.1, 0.15) is 12.7 Å². The van der Waals surface area contributed by atoms with Gasteiger partial charge < -0.3 is 9.47 Å². The fraction of sp³-hybridized carbons (Fsp3) is 0.304. The van der Waals surface area contributed by atoms with Crippen molar-refractivity contribution in [3.63, 3.8) is 0 Å². The van der Waals surface area contributed by atoms with Crippen molar-refractivity contribution in [3.05, 3.63) is 73.4 Å². The monoisotopic (exact) mass is 386 g/mol. The summed E-state index contributed by atoms with van der Waals surface area (Å²) in [4.78, 5) is 5.08. The molecule has 0 saturated carbocycles. The van der Waals surface area contributed by atoms with Crippen LogP contribution in [0, 0.1) is 0 Å². The number of benzene rings is 2. The largest absolute Gasteiger partial charge is 0.369 e. The second-order valence-electron chi connectivity index (χ2n) is 7.64. The molecule has 0 spiro atoms. The molecule has 5 rings (SSSR count). The second kappa shape index (κ2) is 8.09. The Morgan fingerprint density at radius 2 is 1.55 bits per heavy atom. The molecule has 1 saturated heterocycles. The Hall–Kier alpha value is -3.12. The fourth-order valence-electron chi connectivity index (χ4n) is 4.20. The molecule has 29 heavy (non-hydrogen) atoms. The molecular weight excluding hydrogens is 360 g/mol. The van der Waals surface area contributed by atoms with Crippen LogP contribution >= 0.6 is 0 Å². The molecule has 0 amide bonds. The van der Waals surface area contributed by atoms with Gasteiger partial charge in [-0.15, -0.1) is 10.2 Å². The summed E-state index contributed by atoms with van der Waals surface area (Å²) < 4.78 is 4.31. The van der Waals surface area contributed by atoms with Gasteiger partial charge in [-0.05, 0) is 48.7 Å². The van der Waals surface area contributed by atoms with Crippen LogP contribution in [0.4, 0.5) is 5.69 Å². The number of hydrogen-bond donors (Lipinski definition) is 0. The van der Waals surface area contributed by atoms with Gasteiger partial charge in [0, 0.05) is 44.6 Å². The minimum atomic E-state index is 1.04. The van der Waals surface area contributed by atoms with E-state index in [9.17, 15) is 0 Å². The van der Waals surface area contributed by atoms with Crippen molar-refractivity contribution in [2.45, 2.75) is 13.0 Å². The minimum absolute atomic E-state index is 1.04. The number of fused-ring (bicyclic) bond motifs is 1. The number of rotatable bonds is 6. The third-order valence-corrected chi connectivity index (χ3v) is 5.84. The van der Waals surface area contributed by atoms with Gasteiger partial charge in [0.15, 0.2) is 0 Å². The summed E-state index contributed by atoms with van der Waals surface area (Å²) in [7, 11) is 0. The van der Waals surface area contributed by atoms with E-state index in [1.54, 1.807) is 12.7 Å². The third kappa shape index (κ3) is 3.89. The number of anilines is 1. The first kappa shape index (κ1) is 17.9. The van der Waals surface area contributed by atoms with Gasteiger partial charge >= 0.3 is 0 Å². The zero-order valence-corrected chi connectivity index (χ0v) is 16.6. The maximum Gasteiger partial charge on any atom is 0.123 e.